The molecule has 148 valence electrons. The van der Waals surface area contributed by atoms with Gasteiger partial charge in [-0.2, -0.15) is 0 Å². The minimum atomic E-state index is -0.615. The summed E-state index contributed by atoms with van der Waals surface area (Å²) in [5.74, 6) is -0.913. The number of nitrogens with zero attached hydrogens (tertiary/aromatic N) is 1. The van der Waals surface area contributed by atoms with Crippen LogP contribution in [0.25, 0.3) is 6.08 Å². The molecule has 0 atom stereocenters. The van der Waals surface area contributed by atoms with E-state index in [1.807, 2.05) is 0 Å². The Labute approximate surface area is 173 Å². The first kappa shape index (κ1) is 20.4. The number of benzene rings is 2. The maximum Gasteiger partial charge on any atom is 0.292 e. The number of halogens is 1. The standard InChI is InChI=1S/C18H12ClN3O6S/c19-11-5-6-14(10(7-11)8-15-17(24)21-18(25)29-15)28-9-16(23)20-12-3-1-2-4-13(12)22(26)27/h1-8H,9H2,(H,20,23)(H,21,24,25)/b15-8-. The van der Waals surface area contributed by atoms with Crippen molar-refractivity contribution in [1.29, 1.82) is 0 Å². The van der Waals surface area contributed by atoms with E-state index in [1.165, 1.54) is 42.5 Å². The molecular formula is C18H12ClN3O6S. The van der Waals surface area contributed by atoms with Crippen molar-refractivity contribution in [1.82, 2.24) is 5.32 Å². The van der Waals surface area contributed by atoms with Crippen molar-refractivity contribution in [2.24, 2.45) is 0 Å². The van der Waals surface area contributed by atoms with Crippen LogP contribution in [0.1, 0.15) is 5.56 Å². The second-order valence-corrected chi connectivity index (χ2v) is 7.10. The lowest BCUT2D eigenvalue weighted by Gasteiger charge is -2.10. The van der Waals surface area contributed by atoms with Crippen LogP contribution in [0, 0.1) is 10.1 Å². The Hall–Kier alpha value is -3.37. The highest BCUT2D eigenvalue weighted by Crippen LogP contribution is 2.31. The zero-order chi connectivity index (χ0) is 21.0. The first-order valence-electron chi connectivity index (χ1n) is 8.04. The van der Waals surface area contributed by atoms with Crippen molar-refractivity contribution >= 4 is 57.9 Å². The number of rotatable bonds is 6. The van der Waals surface area contributed by atoms with Gasteiger partial charge in [0.1, 0.15) is 11.4 Å². The molecule has 0 spiro atoms. The molecule has 0 aliphatic carbocycles. The summed E-state index contributed by atoms with van der Waals surface area (Å²) in [6, 6.07) is 10.3. The van der Waals surface area contributed by atoms with E-state index in [0.29, 0.717) is 10.6 Å². The van der Waals surface area contributed by atoms with Gasteiger partial charge >= 0.3 is 0 Å². The van der Waals surface area contributed by atoms with E-state index in [1.54, 1.807) is 6.07 Å². The van der Waals surface area contributed by atoms with Gasteiger partial charge in [0.15, 0.2) is 6.61 Å². The van der Waals surface area contributed by atoms with Gasteiger partial charge in [-0.15, -0.1) is 0 Å². The summed E-state index contributed by atoms with van der Waals surface area (Å²) < 4.78 is 5.49. The van der Waals surface area contributed by atoms with Gasteiger partial charge in [0.05, 0.1) is 9.83 Å². The van der Waals surface area contributed by atoms with E-state index in [0.717, 1.165) is 11.8 Å². The molecule has 1 saturated heterocycles. The molecule has 0 aromatic heterocycles. The second-order valence-electron chi connectivity index (χ2n) is 5.65. The van der Waals surface area contributed by atoms with Gasteiger partial charge in [0.2, 0.25) is 0 Å². The molecule has 1 aliphatic rings. The normalized spacial score (nSPS) is 14.6. The third-order valence-corrected chi connectivity index (χ3v) is 4.68. The SMILES string of the molecule is O=C(COc1ccc(Cl)cc1/C=C1\SC(=O)NC1=O)Nc1ccccc1[N+](=O)[O-]. The van der Waals surface area contributed by atoms with Crippen LogP contribution >= 0.6 is 23.4 Å². The number of carbonyl (C=O) groups is 3. The van der Waals surface area contributed by atoms with Crippen molar-refractivity contribution in [3.05, 3.63) is 68.1 Å². The summed E-state index contributed by atoms with van der Waals surface area (Å²) in [6.07, 6.45) is 1.42. The topological polar surface area (TPSA) is 128 Å². The summed E-state index contributed by atoms with van der Waals surface area (Å²) in [4.78, 5) is 45.8. The average Bonchev–Trinajstić information content (AvgIpc) is 2.98. The van der Waals surface area contributed by atoms with Gasteiger partial charge in [-0.25, -0.2) is 0 Å². The predicted molar refractivity (Wildman–Crippen MR) is 108 cm³/mol. The first-order chi connectivity index (χ1) is 13.8. The van der Waals surface area contributed by atoms with Gasteiger partial charge in [-0.1, -0.05) is 23.7 Å². The summed E-state index contributed by atoms with van der Waals surface area (Å²) >= 11 is 6.72. The third kappa shape index (κ3) is 5.12. The van der Waals surface area contributed by atoms with Crippen molar-refractivity contribution in [3.63, 3.8) is 0 Å². The van der Waals surface area contributed by atoms with Gasteiger partial charge in [0, 0.05) is 16.7 Å². The molecule has 29 heavy (non-hydrogen) atoms. The number of nitro groups is 1. The van der Waals surface area contributed by atoms with Gasteiger partial charge in [-0.3, -0.25) is 29.8 Å². The number of carbonyl (C=O) groups excluding carboxylic acids is 3. The lowest BCUT2D eigenvalue weighted by Crippen LogP contribution is -2.21. The van der Waals surface area contributed by atoms with Crippen LogP contribution in [0.3, 0.4) is 0 Å². The highest BCUT2D eigenvalue weighted by atomic mass is 35.5. The highest BCUT2D eigenvalue weighted by molar-refractivity contribution is 8.18. The van der Waals surface area contributed by atoms with E-state index < -0.39 is 28.6 Å². The molecule has 9 nitrogen and oxygen atoms in total. The number of nitro benzene ring substituents is 1. The molecule has 0 radical (unpaired) electrons. The molecular weight excluding hydrogens is 422 g/mol. The highest BCUT2D eigenvalue weighted by Gasteiger charge is 2.25. The average molecular weight is 434 g/mol. The molecule has 0 saturated carbocycles. The quantitative estimate of drug-likeness (QED) is 0.404. The van der Waals surface area contributed by atoms with Gasteiger partial charge in [-0.05, 0) is 42.1 Å². The predicted octanol–water partition coefficient (Wildman–Crippen LogP) is 3.59. The Balaban J connectivity index is 1.74. The van der Waals surface area contributed by atoms with E-state index in [4.69, 9.17) is 16.3 Å². The Morgan fingerprint density at radius 1 is 1.28 bits per heavy atom. The minimum absolute atomic E-state index is 0.0436. The zero-order valence-corrected chi connectivity index (χ0v) is 16.1. The van der Waals surface area contributed by atoms with Crippen LogP contribution in [-0.2, 0) is 9.59 Å². The fourth-order valence-corrected chi connectivity index (χ4v) is 3.25. The van der Waals surface area contributed by atoms with Crippen LogP contribution in [0.15, 0.2) is 47.4 Å². The minimum Gasteiger partial charge on any atom is -0.483 e. The number of nitrogens with one attached hydrogen (secondary N) is 2. The molecule has 0 unspecified atom stereocenters. The first-order valence-corrected chi connectivity index (χ1v) is 9.23. The number of para-hydroxylation sites is 2. The molecule has 3 rings (SSSR count). The number of imide groups is 1. The van der Waals surface area contributed by atoms with Crippen molar-refractivity contribution < 1.29 is 24.0 Å². The monoisotopic (exact) mass is 433 g/mol. The summed E-state index contributed by atoms with van der Waals surface area (Å²) in [5.41, 5.74) is 0.192. The second kappa shape index (κ2) is 8.76. The molecule has 1 heterocycles. The fraction of sp³-hybridized carbons (Fsp3) is 0.0556. The molecule has 2 aromatic carbocycles. The number of hydrogen-bond donors (Lipinski definition) is 2. The van der Waals surface area contributed by atoms with E-state index in [2.05, 4.69) is 10.6 Å². The molecule has 11 heteroatoms. The van der Waals surface area contributed by atoms with Crippen molar-refractivity contribution in [3.8, 4) is 5.75 Å². The van der Waals surface area contributed by atoms with E-state index in [-0.39, 0.29) is 22.0 Å². The maximum absolute atomic E-state index is 12.2. The van der Waals surface area contributed by atoms with Crippen LogP contribution in [0.5, 0.6) is 5.75 Å². The summed E-state index contributed by atoms with van der Waals surface area (Å²) in [6.45, 7) is -0.442. The van der Waals surface area contributed by atoms with Gasteiger partial charge < -0.3 is 10.1 Å². The molecule has 2 N–H and O–H groups in total. The van der Waals surface area contributed by atoms with Crippen LogP contribution in [0.4, 0.5) is 16.2 Å². The number of thioether (sulfide) groups is 1. The zero-order valence-electron chi connectivity index (χ0n) is 14.5. The Kier molecular flexibility index (Phi) is 6.15. The smallest absolute Gasteiger partial charge is 0.292 e. The molecule has 2 aromatic rings. The molecule has 1 aliphatic heterocycles. The number of ether oxygens (including phenoxy) is 1. The molecule has 1 fully saturated rings. The largest absolute Gasteiger partial charge is 0.483 e. The van der Waals surface area contributed by atoms with E-state index in [9.17, 15) is 24.5 Å². The number of amides is 3. The van der Waals surface area contributed by atoms with Crippen molar-refractivity contribution in [2.45, 2.75) is 0 Å². The van der Waals surface area contributed by atoms with Crippen LogP contribution in [-0.4, -0.2) is 28.6 Å². The number of hydrogen-bond acceptors (Lipinski definition) is 7. The van der Waals surface area contributed by atoms with E-state index >= 15 is 0 Å². The third-order valence-electron chi connectivity index (χ3n) is 3.63. The van der Waals surface area contributed by atoms with Gasteiger partial charge in [0.25, 0.3) is 22.7 Å². The Morgan fingerprint density at radius 2 is 2.03 bits per heavy atom. The fourth-order valence-electron chi connectivity index (χ4n) is 2.39. The van der Waals surface area contributed by atoms with Crippen molar-refractivity contribution in [2.75, 3.05) is 11.9 Å². The van der Waals surface area contributed by atoms with Crippen LogP contribution < -0.4 is 15.4 Å². The Morgan fingerprint density at radius 3 is 2.72 bits per heavy atom. The lowest BCUT2D eigenvalue weighted by atomic mass is 10.2. The maximum atomic E-state index is 12.2. The Bertz CT molecular complexity index is 1060. The molecule has 3 amide bonds. The number of anilines is 1. The van der Waals surface area contributed by atoms with Crippen LogP contribution in [0.2, 0.25) is 5.02 Å². The summed E-state index contributed by atoms with van der Waals surface area (Å²) in [7, 11) is 0. The lowest BCUT2D eigenvalue weighted by molar-refractivity contribution is -0.383. The summed E-state index contributed by atoms with van der Waals surface area (Å²) in [5, 5.41) is 15.4. The molecule has 0 bridgehead atoms.